The maximum atomic E-state index is 14.7. The molecule has 46 heavy (non-hydrogen) atoms. The molecule has 244 valence electrons. The number of rotatable bonds is 9. The van der Waals surface area contributed by atoms with Gasteiger partial charge in [0.05, 0.1) is 11.2 Å². The van der Waals surface area contributed by atoms with Gasteiger partial charge in [-0.25, -0.2) is 0 Å². The van der Waals surface area contributed by atoms with Gasteiger partial charge < -0.3 is 24.1 Å². The number of phenols is 1. The summed E-state index contributed by atoms with van der Waals surface area (Å²) >= 11 is 0. The number of ketones is 2. The molecule has 1 N–H and O–H groups in total. The Labute approximate surface area is 270 Å². The van der Waals surface area contributed by atoms with E-state index in [-0.39, 0.29) is 41.0 Å². The summed E-state index contributed by atoms with van der Waals surface area (Å²) in [5.74, 6) is -0.605. The highest BCUT2D eigenvalue weighted by atomic mass is 16.6. The van der Waals surface area contributed by atoms with Crippen molar-refractivity contribution >= 4 is 24.1 Å². The fourth-order valence-corrected chi connectivity index (χ4v) is 8.20. The number of ether oxygens (including phenoxy) is 4. The van der Waals surface area contributed by atoms with Crippen LogP contribution in [0.5, 0.6) is 17.2 Å². The molecule has 3 aliphatic carbocycles. The minimum absolute atomic E-state index is 0.0454. The molecule has 4 bridgehead atoms. The zero-order valence-electron chi connectivity index (χ0n) is 28.0. The molecule has 3 aliphatic heterocycles. The van der Waals surface area contributed by atoms with Crippen LogP contribution < -0.4 is 9.47 Å². The van der Waals surface area contributed by atoms with E-state index in [1.165, 1.54) is 5.57 Å². The molecule has 0 radical (unpaired) electrons. The maximum absolute atomic E-state index is 14.7. The van der Waals surface area contributed by atoms with E-state index in [4.69, 9.17) is 18.9 Å². The van der Waals surface area contributed by atoms with Crippen LogP contribution in [0.1, 0.15) is 103 Å². The smallest absolute Gasteiger partial charge is 0.298 e. The van der Waals surface area contributed by atoms with Crippen molar-refractivity contribution in [3.05, 3.63) is 69.5 Å². The van der Waals surface area contributed by atoms with Crippen LogP contribution in [0.15, 0.2) is 52.9 Å². The van der Waals surface area contributed by atoms with Gasteiger partial charge in [-0.2, -0.15) is 0 Å². The molecule has 3 unspecified atom stereocenters. The first-order valence-electron chi connectivity index (χ1n) is 16.1. The molecule has 5 atom stereocenters. The topological polar surface area (TPSA) is 108 Å². The van der Waals surface area contributed by atoms with Crippen molar-refractivity contribution in [3.63, 3.8) is 0 Å². The number of hydrogen-bond donors (Lipinski definition) is 1. The van der Waals surface area contributed by atoms with Crippen LogP contribution in [0.3, 0.4) is 0 Å². The molecule has 8 nitrogen and oxygen atoms in total. The average molecular weight is 629 g/mol. The number of fused-ring (bicyclic) bond motifs is 2. The summed E-state index contributed by atoms with van der Waals surface area (Å²) in [5, 5.41) is 11.8. The predicted molar refractivity (Wildman–Crippen MR) is 174 cm³/mol. The number of phenolic OH excluding ortho intramolecular Hbond substituents is 1. The quantitative estimate of drug-likeness (QED) is 0.173. The highest BCUT2D eigenvalue weighted by Crippen LogP contribution is 2.68. The summed E-state index contributed by atoms with van der Waals surface area (Å²) in [5.41, 5.74) is -0.687. The minimum atomic E-state index is -1.55. The van der Waals surface area contributed by atoms with E-state index in [1.807, 2.05) is 52.8 Å². The number of hydrogen-bond acceptors (Lipinski definition) is 8. The second-order valence-corrected chi connectivity index (χ2v) is 14.6. The largest absolute Gasteiger partial charge is 0.506 e. The molecule has 1 aromatic carbocycles. The van der Waals surface area contributed by atoms with Gasteiger partial charge in [-0.1, -0.05) is 29.4 Å². The minimum Gasteiger partial charge on any atom is -0.506 e. The van der Waals surface area contributed by atoms with Crippen LogP contribution in [0, 0.1) is 11.8 Å². The Morgan fingerprint density at radius 3 is 2.41 bits per heavy atom. The van der Waals surface area contributed by atoms with Crippen molar-refractivity contribution in [3.8, 4) is 17.2 Å². The molecule has 3 heterocycles. The first-order valence-corrected chi connectivity index (χ1v) is 16.1. The van der Waals surface area contributed by atoms with E-state index in [1.54, 1.807) is 19.1 Å². The van der Waals surface area contributed by atoms with Gasteiger partial charge in [-0.05, 0) is 99.3 Å². The summed E-state index contributed by atoms with van der Waals surface area (Å²) in [6.45, 7) is 16.0. The Bertz CT molecular complexity index is 1690. The van der Waals surface area contributed by atoms with Gasteiger partial charge in [0.2, 0.25) is 0 Å². The molecule has 6 aliphatic rings. The van der Waals surface area contributed by atoms with Gasteiger partial charge in [0.15, 0.2) is 22.8 Å². The van der Waals surface area contributed by atoms with E-state index in [0.717, 1.165) is 12.0 Å². The van der Waals surface area contributed by atoms with Crippen LogP contribution in [0.25, 0.3) is 6.08 Å². The monoisotopic (exact) mass is 628 g/mol. The number of Topliss-reactive ketones (excluding diaryl/α,β-unsaturated/α-hetero) is 2. The summed E-state index contributed by atoms with van der Waals surface area (Å²) < 4.78 is 25.7. The molecule has 1 saturated carbocycles. The van der Waals surface area contributed by atoms with Gasteiger partial charge >= 0.3 is 0 Å². The molecule has 0 amide bonds. The molecule has 8 heteroatoms. The zero-order chi connectivity index (χ0) is 33.4. The van der Waals surface area contributed by atoms with Crippen LogP contribution in [-0.2, 0) is 25.5 Å². The van der Waals surface area contributed by atoms with E-state index in [0.29, 0.717) is 53.9 Å². The van der Waals surface area contributed by atoms with Crippen LogP contribution in [0.4, 0.5) is 0 Å². The lowest BCUT2D eigenvalue weighted by atomic mass is 9.51. The summed E-state index contributed by atoms with van der Waals surface area (Å²) in [6.07, 6.45) is 13.8. The Kier molecular flexibility index (Phi) is 7.54. The van der Waals surface area contributed by atoms with Gasteiger partial charge in [-0.15, -0.1) is 0 Å². The number of carbonyl (C=O) groups excluding carboxylic acids is 3. The summed E-state index contributed by atoms with van der Waals surface area (Å²) in [7, 11) is 0. The highest BCUT2D eigenvalue weighted by Gasteiger charge is 2.81. The third-order valence-corrected chi connectivity index (χ3v) is 10.4. The highest BCUT2D eigenvalue weighted by molar-refractivity contribution is 6.19. The number of allylic oxidation sites excluding steroid dienone is 6. The van der Waals surface area contributed by atoms with Crippen LogP contribution in [0.2, 0.25) is 0 Å². The number of aromatic hydroxyl groups is 1. The van der Waals surface area contributed by atoms with Crippen molar-refractivity contribution in [1.29, 1.82) is 0 Å². The van der Waals surface area contributed by atoms with Crippen LogP contribution >= 0.6 is 0 Å². The molecular formula is C38H44O8. The fourth-order valence-electron chi connectivity index (χ4n) is 8.20. The van der Waals surface area contributed by atoms with Gasteiger partial charge in [0.25, 0.3) is 6.47 Å². The molecule has 7 rings (SSSR count). The van der Waals surface area contributed by atoms with E-state index >= 15 is 0 Å². The summed E-state index contributed by atoms with van der Waals surface area (Å²) in [6, 6.07) is 0. The Morgan fingerprint density at radius 2 is 1.74 bits per heavy atom. The predicted octanol–water partition coefficient (Wildman–Crippen LogP) is 7.29. The molecule has 1 aromatic rings. The van der Waals surface area contributed by atoms with Gasteiger partial charge in [0, 0.05) is 29.4 Å². The van der Waals surface area contributed by atoms with Crippen molar-refractivity contribution < 1.29 is 38.4 Å². The molecule has 0 aromatic heterocycles. The number of carbonyl (C=O) groups is 3. The summed E-state index contributed by atoms with van der Waals surface area (Å²) in [4.78, 5) is 40.1. The third-order valence-electron chi connectivity index (χ3n) is 10.4. The van der Waals surface area contributed by atoms with E-state index in [2.05, 4.69) is 19.9 Å². The normalized spacial score (nSPS) is 31.1. The first-order chi connectivity index (χ1) is 21.6. The second-order valence-electron chi connectivity index (χ2n) is 14.6. The Hall–Kier alpha value is -3.91. The van der Waals surface area contributed by atoms with Crippen molar-refractivity contribution in [2.75, 3.05) is 0 Å². The van der Waals surface area contributed by atoms with E-state index < -0.39 is 28.3 Å². The third kappa shape index (κ3) is 4.55. The zero-order valence-corrected chi connectivity index (χ0v) is 28.0. The lowest BCUT2D eigenvalue weighted by Crippen LogP contribution is -2.72. The standard InChI is InChI=1S/C38H44O8/c1-21(2)10-9-15-36(8)16-14-25-30(40)29-31(41)27-18-24-19-28-35(6,7)46-37(34(24)42,17-13-23(5)43-20-39)38(27,28)45-33(29)26(32(25)44-36)12-11-22(3)4/h10-11,13-14,16,18,20,24,28,40H,9,12,15,17,19H2,1-8H3/b23-13-/t24?,28?,36-,37?,38+/m0/s1. The van der Waals surface area contributed by atoms with Gasteiger partial charge in [0.1, 0.15) is 34.2 Å². The van der Waals surface area contributed by atoms with E-state index in [9.17, 15) is 19.5 Å². The van der Waals surface area contributed by atoms with Crippen molar-refractivity contribution in [2.45, 2.75) is 110 Å². The average Bonchev–Trinajstić information content (AvgIpc) is 3.12. The number of benzene rings is 1. The molecule has 1 spiro atoms. The Morgan fingerprint density at radius 1 is 1.02 bits per heavy atom. The lowest BCUT2D eigenvalue weighted by Gasteiger charge is -2.56. The SMILES string of the molecule is CC(C)=CCC[C@@]1(C)C=Cc2c(O)c3c(c(CC=C(C)C)c2O1)O[C@]12C(=CC4CC1C(C)(C)OC2(C/C=C(/C)OC=O)C4=O)C3=O. The molecule has 2 fully saturated rings. The Balaban J connectivity index is 1.58. The van der Waals surface area contributed by atoms with Gasteiger partial charge in [-0.3, -0.25) is 14.4 Å². The fraction of sp³-hybridized carbons (Fsp3) is 0.500. The maximum Gasteiger partial charge on any atom is 0.298 e. The van der Waals surface area contributed by atoms with Crippen LogP contribution in [-0.4, -0.2) is 45.5 Å². The second kappa shape index (κ2) is 10.8. The first kappa shape index (κ1) is 32.0. The molecular weight excluding hydrogens is 584 g/mol. The lowest BCUT2D eigenvalue weighted by molar-refractivity contribution is -0.171. The van der Waals surface area contributed by atoms with Crippen molar-refractivity contribution in [2.24, 2.45) is 11.8 Å². The van der Waals surface area contributed by atoms with Crippen molar-refractivity contribution in [1.82, 2.24) is 0 Å². The molecule has 1 saturated heterocycles.